The fourth-order valence-electron chi connectivity index (χ4n) is 1.39. The van der Waals surface area contributed by atoms with Crippen molar-refractivity contribution in [1.82, 2.24) is 5.32 Å². The normalized spacial score (nSPS) is 12.3. The predicted octanol–water partition coefficient (Wildman–Crippen LogP) is 2.37. The van der Waals surface area contributed by atoms with Crippen LogP contribution in [0, 0.1) is 29.1 Å². The molecule has 0 saturated carbocycles. The van der Waals surface area contributed by atoms with Gasteiger partial charge in [-0.15, -0.1) is 11.6 Å². The number of hydrogen-bond acceptors (Lipinski definition) is 2. The molecule has 1 N–H and O–H groups in total. The molecular formula is C11H9ClF5NO2. The second-order valence-electron chi connectivity index (χ2n) is 3.72. The molecule has 1 unspecified atom stereocenters. The quantitative estimate of drug-likeness (QED) is 0.392. The van der Waals surface area contributed by atoms with Crippen LogP contribution in [0.25, 0.3) is 0 Å². The van der Waals surface area contributed by atoms with Crippen LogP contribution in [-0.4, -0.2) is 31.5 Å². The first-order valence-corrected chi connectivity index (χ1v) is 5.75. The Hall–Kier alpha value is -1.41. The summed E-state index contributed by atoms with van der Waals surface area (Å²) in [6.45, 7) is -0.0926. The summed E-state index contributed by atoms with van der Waals surface area (Å²) >= 11 is 5.45. The summed E-state index contributed by atoms with van der Waals surface area (Å²) in [6, 6.07) is -0.843. The van der Waals surface area contributed by atoms with E-state index in [0.29, 0.717) is 0 Å². The van der Waals surface area contributed by atoms with E-state index in [9.17, 15) is 26.7 Å². The van der Waals surface area contributed by atoms with Crippen LogP contribution in [-0.2, 0) is 4.74 Å². The fourth-order valence-corrected chi connectivity index (χ4v) is 1.55. The predicted molar refractivity (Wildman–Crippen MR) is 60.1 cm³/mol. The summed E-state index contributed by atoms with van der Waals surface area (Å²) in [5, 5.41) is 2.01. The summed E-state index contributed by atoms with van der Waals surface area (Å²) in [4.78, 5) is 11.6. The van der Waals surface area contributed by atoms with E-state index in [1.807, 2.05) is 5.32 Å². The van der Waals surface area contributed by atoms with Crippen molar-refractivity contribution in [3.63, 3.8) is 0 Å². The number of amides is 1. The zero-order valence-electron chi connectivity index (χ0n) is 10.1. The van der Waals surface area contributed by atoms with E-state index in [1.165, 1.54) is 7.11 Å². The number of halogens is 6. The Morgan fingerprint density at radius 2 is 1.55 bits per heavy atom. The fraction of sp³-hybridized carbons (Fsp3) is 0.364. The maximum absolute atomic E-state index is 13.3. The number of benzene rings is 1. The van der Waals surface area contributed by atoms with Gasteiger partial charge in [0.05, 0.1) is 12.6 Å². The minimum absolute atomic E-state index is 0.0926. The Morgan fingerprint density at radius 1 is 1.10 bits per heavy atom. The maximum atomic E-state index is 13.3. The molecule has 0 radical (unpaired) electrons. The monoisotopic (exact) mass is 317 g/mol. The molecule has 1 amide bonds. The Labute approximate surface area is 115 Å². The molecule has 3 nitrogen and oxygen atoms in total. The van der Waals surface area contributed by atoms with Crippen LogP contribution >= 0.6 is 11.6 Å². The van der Waals surface area contributed by atoms with Gasteiger partial charge in [-0.25, -0.2) is 22.0 Å². The van der Waals surface area contributed by atoms with Gasteiger partial charge in [-0.1, -0.05) is 0 Å². The molecule has 0 fully saturated rings. The summed E-state index contributed by atoms with van der Waals surface area (Å²) in [6.07, 6.45) is 0. The molecule has 0 aromatic heterocycles. The van der Waals surface area contributed by atoms with Gasteiger partial charge < -0.3 is 10.1 Å². The van der Waals surface area contributed by atoms with Crippen LogP contribution in [0.2, 0.25) is 0 Å². The van der Waals surface area contributed by atoms with E-state index in [1.54, 1.807) is 0 Å². The number of hydrogen-bond donors (Lipinski definition) is 1. The lowest BCUT2D eigenvalue weighted by Crippen LogP contribution is -2.40. The minimum Gasteiger partial charge on any atom is -0.383 e. The van der Waals surface area contributed by atoms with Crippen molar-refractivity contribution in [3.05, 3.63) is 34.6 Å². The van der Waals surface area contributed by atoms with E-state index >= 15 is 0 Å². The molecule has 0 aliphatic rings. The van der Waals surface area contributed by atoms with Crippen molar-refractivity contribution < 1.29 is 31.5 Å². The van der Waals surface area contributed by atoms with E-state index in [-0.39, 0.29) is 12.5 Å². The molecule has 1 aromatic rings. The van der Waals surface area contributed by atoms with Gasteiger partial charge in [0.15, 0.2) is 23.3 Å². The number of carbonyl (C=O) groups is 1. The van der Waals surface area contributed by atoms with Gasteiger partial charge in [0.2, 0.25) is 5.82 Å². The third kappa shape index (κ3) is 3.18. The molecule has 1 atom stereocenters. The minimum atomic E-state index is -2.33. The molecule has 0 bridgehead atoms. The SMILES string of the molecule is COCC(CCl)NC(=O)c1c(F)c(F)c(F)c(F)c1F. The van der Waals surface area contributed by atoms with Crippen LogP contribution in [0.1, 0.15) is 10.4 Å². The Morgan fingerprint density at radius 3 is 1.95 bits per heavy atom. The summed E-state index contributed by atoms with van der Waals surface area (Å²) < 4.78 is 70.0. The Bertz CT molecular complexity index is 497. The molecular weight excluding hydrogens is 309 g/mol. The highest BCUT2D eigenvalue weighted by Gasteiger charge is 2.30. The number of rotatable bonds is 5. The zero-order valence-corrected chi connectivity index (χ0v) is 10.8. The van der Waals surface area contributed by atoms with E-state index in [2.05, 4.69) is 4.74 Å². The van der Waals surface area contributed by atoms with Gasteiger partial charge in [-0.2, -0.15) is 0 Å². The molecule has 0 aliphatic carbocycles. The number of methoxy groups -OCH3 is 1. The van der Waals surface area contributed by atoms with Crippen molar-refractivity contribution in [2.75, 3.05) is 19.6 Å². The topological polar surface area (TPSA) is 38.3 Å². The molecule has 0 saturated heterocycles. The molecule has 112 valence electrons. The molecule has 9 heteroatoms. The Balaban J connectivity index is 3.17. The highest BCUT2D eigenvalue weighted by atomic mass is 35.5. The lowest BCUT2D eigenvalue weighted by Gasteiger charge is -2.16. The van der Waals surface area contributed by atoms with Crippen molar-refractivity contribution >= 4 is 17.5 Å². The van der Waals surface area contributed by atoms with Gasteiger partial charge in [0.1, 0.15) is 5.56 Å². The van der Waals surface area contributed by atoms with E-state index in [4.69, 9.17) is 11.6 Å². The standard InChI is InChI=1S/C11H9ClF5NO2/c1-20-3-4(2-12)18-11(19)5-6(13)8(15)10(17)9(16)7(5)14/h4H,2-3H2,1H3,(H,18,19). The van der Waals surface area contributed by atoms with Gasteiger partial charge in [0.25, 0.3) is 5.91 Å². The average molecular weight is 318 g/mol. The maximum Gasteiger partial charge on any atom is 0.257 e. The average Bonchev–Trinajstić information content (AvgIpc) is 2.42. The van der Waals surface area contributed by atoms with Gasteiger partial charge in [0, 0.05) is 13.0 Å². The highest BCUT2D eigenvalue weighted by molar-refractivity contribution is 6.18. The number of alkyl halides is 1. The third-order valence-corrected chi connectivity index (χ3v) is 2.70. The molecule has 1 aromatic carbocycles. The number of nitrogens with one attached hydrogen (secondary N) is 1. The lowest BCUT2D eigenvalue weighted by atomic mass is 10.1. The van der Waals surface area contributed by atoms with Gasteiger partial charge in [-0.3, -0.25) is 4.79 Å². The first-order chi connectivity index (χ1) is 9.34. The van der Waals surface area contributed by atoms with Crippen molar-refractivity contribution in [2.24, 2.45) is 0 Å². The van der Waals surface area contributed by atoms with Gasteiger partial charge in [-0.05, 0) is 0 Å². The van der Waals surface area contributed by atoms with E-state index in [0.717, 1.165) is 0 Å². The molecule has 20 heavy (non-hydrogen) atoms. The third-order valence-electron chi connectivity index (χ3n) is 2.33. The first-order valence-electron chi connectivity index (χ1n) is 5.22. The van der Waals surface area contributed by atoms with Crippen LogP contribution in [0.4, 0.5) is 22.0 Å². The summed E-state index contributed by atoms with van der Waals surface area (Å²) in [7, 11) is 1.28. The van der Waals surface area contributed by atoms with Crippen LogP contribution in [0.15, 0.2) is 0 Å². The molecule has 0 spiro atoms. The lowest BCUT2D eigenvalue weighted by molar-refractivity contribution is 0.0895. The van der Waals surface area contributed by atoms with Crippen LogP contribution in [0.3, 0.4) is 0 Å². The van der Waals surface area contributed by atoms with E-state index < -0.39 is 46.6 Å². The second-order valence-corrected chi connectivity index (χ2v) is 4.03. The smallest absolute Gasteiger partial charge is 0.257 e. The largest absolute Gasteiger partial charge is 0.383 e. The number of ether oxygens (including phenoxy) is 1. The zero-order chi connectivity index (χ0) is 15.4. The van der Waals surface area contributed by atoms with Crippen LogP contribution in [0.5, 0.6) is 0 Å². The Kier molecular flexibility index (Phi) is 5.70. The number of carbonyl (C=O) groups excluding carboxylic acids is 1. The first kappa shape index (κ1) is 16.6. The highest BCUT2D eigenvalue weighted by Crippen LogP contribution is 2.23. The second kappa shape index (κ2) is 6.85. The molecule has 0 aliphatic heterocycles. The van der Waals surface area contributed by atoms with Crippen molar-refractivity contribution in [3.8, 4) is 0 Å². The molecule has 0 heterocycles. The van der Waals surface area contributed by atoms with Crippen molar-refractivity contribution in [1.29, 1.82) is 0 Å². The summed E-state index contributed by atoms with van der Waals surface area (Å²) in [5.41, 5.74) is -1.56. The van der Waals surface area contributed by atoms with Gasteiger partial charge >= 0.3 is 0 Å². The summed E-state index contributed by atoms with van der Waals surface area (Å²) in [5.74, 6) is -12.8. The van der Waals surface area contributed by atoms with Crippen molar-refractivity contribution in [2.45, 2.75) is 6.04 Å². The van der Waals surface area contributed by atoms with Crippen LogP contribution < -0.4 is 5.32 Å². The molecule has 1 rings (SSSR count).